The first kappa shape index (κ1) is 17.4. The number of nitrogens with zero attached hydrogens (tertiary/aromatic N) is 2. The second-order valence-electron chi connectivity index (χ2n) is 5.58. The van der Waals surface area contributed by atoms with Crippen molar-refractivity contribution in [3.8, 4) is 0 Å². The maximum atomic E-state index is 11.4. The van der Waals surface area contributed by atoms with Crippen molar-refractivity contribution in [2.75, 3.05) is 26.8 Å². The topological polar surface area (TPSA) is 81.9 Å². The molecule has 0 amide bonds. The minimum atomic E-state index is -0.375. The molecule has 1 heterocycles. The molecule has 7 heteroatoms. The maximum absolute atomic E-state index is 11.4. The average molecular weight is 322 g/mol. The molecular weight excluding hydrogens is 300 g/mol. The Labute approximate surface area is 135 Å². The first-order valence-electron chi connectivity index (χ1n) is 7.73. The summed E-state index contributed by atoms with van der Waals surface area (Å²) < 4.78 is 10.3. The SMILES string of the molecule is COC(=O)CCN(Cc1ccccc1[N+](=O)[O-])CC1CCCO1. The average Bonchev–Trinajstić information content (AvgIpc) is 3.05. The number of esters is 1. The molecule has 1 aliphatic rings. The first-order chi connectivity index (χ1) is 11.1. The van der Waals surface area contributed by atoms with Gasteiger partial charge in [0.25, 0.3) is 5.69 Å². The fraction of sp³-hybridized carbons (Fsp3) is 0.562. The summed E-state index contributed by atoms with van der Waals surface area (Å²) in [5.41, 5.74) is 0.739. The minimum Gasteiger partial charge on any atom is -0.469 e. The van der Waals surface area contributed by atoms with E-state index in [1.165, 1.54) is 13.2 Å². The third-order valence-electron chi connectivity index (χ3n) is 3.93. The lowest BCUT2D eigenvalue weighted by Crippen LogP contribution is -2.33. The molecule has 1 atom stereocenters. The monoisotopic (exact) mass is 322 g/mol. The molecule has 2 rings (SSSR count). The Balaban J connectivity index is 2.06. The van der Waals surface area contributed by atoms with Gasteiger partial charge in [0.1, 0.15) is 0 Å². The number of nitro groups is 1. The third-order valence-corrected chi connectivity index (χ3v) is 3.93. The van der Waals surface area contributed by atoms with Crippen LogP contribution in [0.4, 0.5) is 5.69 Å². The first-order valence-corrected chi connectivity index (χ1v) is 7.73. The number of carbonyl (C=O) groups is 1. The van der Waals surface area contributed by atoms with Crippen LogP contribution in [0.3, 0.4) is 0 Å². The van der Waals surface area contributed by atoms with Crippen LogP contribution in [0.1, 0.15) is 24.8 Å². The zero-order valence-corrected chi connectivity index (χ0v) is 13.3. The largest absolute Gasteiger partial charge is 0.469 e. The van der Waals surface area contributed by atoms with Crippen LogP contribution in [0.5, 0.6) is 0 Å². The molecule has 0 bridgehead atoms. The maximum Gasteiger partial charge on any atom is 0.306 e. The van der Waals surface area contributed by atoms with Crippen LogP contribution in [0, 0.1) is 10.1 Å². The number of hydrogen-bond acceptors (Lipinski definition) is 6. The van der Waals surface area contributed by atoms with Crippen molar-refractivity contribution in [3.63, 3.8) is 0 Å². The molecule has 1 fully saturated rings. The number of rotatable bonds is 8. The molecule has 0 saturated carbocycles. The Bertz CT molecular complexity index is 543. The van der Waals surface area contributed by atoms with Gasteiger partial charge in [-0.15, -0.1) is 0 Å². The Kier molecular flexibility index (Phi) is 6.49. The summed E-state index contributed by atoms with van der Waals surface area (Å²) in [5.74, 6) is -0.287. The van der Waals surface area contributed by atoms with Crippen molar-refractivity contribution in [3.05, 3.63) is 39.9 Å². The highest BCUT2D eigenvalue weighted by atomic mass is 16.6. The van der Waals surface area contributed by atoms with Gasteiger partial charge in [0.15, 0.2) is 0 Å². The van der Waals surface area contributed by atoms with Crippen LogP contribution in [0.15, 0.2) is 24.3 Å². The highest BCUT2D eigenvalue weighted by Gasteiger charge is 2.22. The van der Waals surface area contributed by atoms with Gasteiger partial charge in [-0.25, -0.2) is 0 Å². The number of benzene rings is 1. The molecule has 1 saturated heterocycles. The lowest BCUT2D eigenvalue weighted by Gasteiger charge is -2.24. The van der Waals surface area contributed by atoms with E-state index in [-0.39, 0.29) is 29.1 Å². The van der Waals surface area contributed by atoms with Crippen molar-refractivity contribution in [2.24, 2.45) is 0 Å². The predicted octanol–water partition coefficient (Wildman–Crippen LogP) is 2.14. The molecule has 0 aliphatic carbocycles. The van der Waals surface area contributed by atoms with E-state index in [9.17, 15) is 14.9 Å². The van der Waals surface area contributed by atoms with Gasteiger partial charge in [-0.05, 0) is 12.8 Å². The second-order valence-corrected chi connectivity index (χ2v) is 5.58. The van der Waals surface area contributed by atoms with Crippen molar-refractivity contribution >= 4 is 11.7 Å². The number of hydrogen-bond donors (Lipinski definition) is 0. The van der Waals surface area contributed by atoms with E-state index in [1.54, 1.807) is 18.2 Å². The third kappa shape index (κ3) is 5.30. The molecule has 0 aromatic heterocycles. The lowest BCUT2D eigenvalue weighted by atomic mass is 10.1. The summed E-state index contributed by atoms with van der Waals surface area (Å²) in [5, 5.41) is 11.1. The Morgan fingerprint density at radius 2 is 2.26 bits per heavy atom. The predicted molar refractivity (Wildman–Crippen MR) is 84.0 cm³/mol. The number of carbonyl (C=O) groups excluding carboxylic acids is 1. The quantitative estimate of drug-likeness (QED) is 0.414. The van der Waals surface area contributed by atoms with E-state index in [0.29, 0.717) is 25.2 Å². The summed E-state index contributed by atoms with van der Waals surface area (Å²) in [6, 6.07) is 6.69. The van der Waals surface area contributed by atoms with Gasteiger partial charge in [0.05, 0.1) is 24.6 Å². The summed E-state index contributed by atoms with van der Waals surface area (Å²) in [6.07, 6.45) is 2.38. The van der Waals surface area contributed by atoms with Crippen LogP contribution >= 0.6 is 0 Å². The van der Waals surface area contributed by atoms with Crippen molar-refractivity contribution in [1.82, 2.24) is 4.90 Å². The van der Waals surface area contributed by atoms with Gasteiger partial charge in [-0.2, -0.15) is 0 Å². The molecule has 1 aliphatic heterocycles. The summed E-state index contributed by atoms with van der Waals surface area (Å²) in [7, 11) is 1.36. The fourth-order valence-corrected chi connectivity index (χ4v) is 2.73. The van der Waals surface area contributed by atoms with Crippen LogP contribution in [-0.2, 0) is 20.8 Å². The van der Waals surface area contributed by atoms with Crippen LogP contribution in [0.25, 0.3) is 0 Å². The van der Waals surface area contributed by atoms with Gasteiger partial charge in [-0.1, -0.05) is 18.2 Å². The fourth-order valence-electron chi connectivity index (χ4n) is 2.73. The molecule has 126 valence electrons. The minimum absolute atomic E-state index is 0.0999. The van der Waals surface area contributed by atoms with Gasteiger partial charge >= 0.3 is 5.97 Å². The molecule has 1 unspecified atom stereocenters. The van der Waals surface area contributed by atoms with Gasteiger partial charge in [0.2, 0.25) is 0 Å². The number of methoxy groups -OCH3 is 1. The Hall–Kier alpha value is -1.99. The van der Waals surface area contributed by atoms with E-state index in [2.05, 4.69) is 4.74 Å². The summed E-state index contributed by atoms with van der Waals surface area (Å²) in [4.78, 5) is 24.2. The zero-order valence-electron chi connectivity index (χ0n) is 13.3. The highest BCUT2D eigenvalue weighted by Crippen LogP contribution is 2.21. The number of nitro benzene ring substituents is 1. The Morgan fingerprint density at radius 3 is 2.91 bits per heavy atom. The lowest BCUT2D eigenvalue weighted by molar-refractivity contribution is -0.385. The molecule has 1 aromatic rings. The van der Waals surface area contributed by atoms with E-state index < -0.39 is 0 Å². The highest BCUT2D eigenvalue weighted by molar-refractivity contribution is 5.69. The number of para-hydroxylation sites is 1. The van der Waals surface area contributed by atoms with Crippen LogP contribution in [0.2, 0.25) is 0 Å². The molecular formula is C16H22N2O5. The molecule has 7 nitrogen and oxygen atoms in total. The molecule has 0 radical (unpaired) electrons. The van der Waals surface area contributed by atoms with Crippen molar-refractivity contribution in [1.29, 1.82) is 0 Å². The van der Waals surface area contributed by atoms with E-state index in [1.807, 2.05) is 4.90 Å². The molecule has 23 heavy (non-hydrogen) atoms. The Morgan fingerprint density at radius 1 is 1.48 bits per heavy atom. The summed E-state index contributed by atoms with van der Waals surface area (Å²) in [6.45, 7) is 2.30. The van der Waals surface area contributed by atoms with Gasteiger partial charge in [0, 0.05) is 37.9 Å². The second kappa shape index (κ2) is 8.59. The van der Waals surface area contributed by atoms with E-state index >= 15 is 0 Å². The molecule has 0 spiro atoms. The standard InChI is InChI=1S/C16H22N2O5/c1-22-16(19)8-9-17(12-14-6-4-10-23-14)11-13-5-2-3-7-15(13)18(20)21/h2-3,5,7,14H,4,6,8-12H2,1H3. The van der Waals surface area contributed by atoms with Crippen molar-refractivity contribution < 1.29 is 19.2 Å². The molecule has 0 N–H and O–H groups in total. The van der Waals surface area contributed by atoms with Gasteiger partial charge < -0.3 is 9.47 Å². The van der Waals surface area contributed by atoms with Gasteiger partial charge in [-0.3, -0.25) is 19.8 Å². The van der Waals surface area contributed by atoms with Crippen LogP contribution < -0.4 is 0 Å². The van der Waals surface area contributed by atoms with E-state index in [4.69, 9.17) is 4.74 Å². The number of ether oxygens (including phenoxy) is 2. The normalized spacial score (nSPS) is 17.4. The zero-order chi connectivity index (χ0) is 16.7. The summed E-state index contributed by atoms with van der Waals surface area (Å²) >= 11 is 0. The van der Waals surface area contributed by atoms with Crippen molar-refractivity contribution in [2.45, 2.75) is 31.9 Å². The van der Waals surface area contributed by atoms with Crippen LogP contribution in [-0.4, -0.2) is 48.7 Å². The smallest absolute Gasteiger partial charge is 0.306 e. The van der Waals surface area contributed by atoms with E-state index in [0.717, 1.165) is 19.4 Å². The molecule has 1 aromatic carbocycles.